The van der Waals surface area contributed by atoms with Crippen molar-refractivity contribution in [3.8, 4) is 0 Å². The van der Waals surface area contributed by atoms with Gasteiger partial charge < -0.3 is 30.3 Å². The van der Waals surface area contributed by atoms with Crippen molar-refractivity contribution in [2.45, 2.75) is 55.3 Å². The van der Waals surface area contributed by atoms with Crippen LogP contribution in [0.3, 0.4) is 0 Å². The van der Waals surface area contributed by atoms with Crippen LogP contribution in [0.2, 0.25) is 0 Å². The number of aryl methyl sites for hydroxylation is 1. The van der Waals surface area contributed by atoms with Crippen LogP contribution < -0.4 is 14.8 Å². The summed E-state index contributed by atoms with van der Waals surface area (Å²) < 4.78 is 4.26. The molecule has 190 valence electrons. The lowest BCUT2D eigenvalue weighted by atomic mass is 9.77. The van der Waals surface area contributed by atoms with Crippen molar-refractivity contribution in [2.24, 2.45) is 11.8 Å². The van der Waals surface area contributed by atoms with Gasteiger partial charge in [-0.2, -0.15) is 16.2 Å². The molecular weight excluding hydrogens is 508 g/mol. The van der Waals surface area contributed by atoms with Crippen LogP contribution in [0.15, 0.2) is 23.2 Å². The van der Waals surface area contributed by atoms with Gasteiger partial charge in [-0.05, 0) is 19.6 Å². The fourth-order valence-electron chi connectivity index (χ4n) is 5.67. The molecule has 12 heteroatoms. The van der Waals surface area contributed by atoms with Gasteiger partial charge in [-0.1, -0.05) is 30.0 Å². The molecule has 5 rings (SSSR count). The van der Waals surface area contributed by atoms with Gasteiger partial charge in [0.1, 0.15) is 12.7 Å². The summed E-state index contributed by atoms with van der Waals surface area (Å²) in [4.78, 5) is 27.9. The number of carboxylic acid groups (broad SMARTS) is 1. The molecular formula is C23H30N4O5S3. The Hall–Kier alpha value is -1.57. The monoisotopic (exact) mass is 538 g/mol. The SMILES string of the molecule is CSc1c2sc(C3=C(C(=O)[O-])N4C(=O)[C@H]([C@@H](C)O)[C@H]4[C@H]3C)c[n+]2cn1CCS[C@@H]1CN[C@H](CO)C1. The molecule has 9 nitrogen and oxygen atoms in total. The lowest BCUT2D eigenvalue weighted by Gasteiger charge is -2.47. The van der Waals surface area contributed by atoms with Crippen LogP contribution in [0.4, 0.5) is 0 Å². The molecule has 0 saturated carbocycles. The standard InChI is InChI=1S/C23H30N4O5S3/c1-11-16(19(23(31)32)27-18(11)17(12(2)29)20(27)30)15-8-26-10-25(21(33-3)22(26)35-15)4-5-34-14-6-13(9-28)24-7-14/h8,10-14,17-18,24,28-29H,4-7,9H2,1-3H3/t11-,12+,13-,14-,17+,18+/m0/s1. The van der Waals surface area contributed by atoms with Gasteiger partial charge in [-0.3, -0.25) is 4.79 Å². The molecule has 2 aromatic heterocycles. The molecule has 0 unspecified atom stereocenters. The first kappa shape index (κ1) is 25.1. The minimum Gasteiger partial charge on any atom is -0.543 e. The van der Waals surface area contributed by atoms with Gasteiger partial charge in [-0.25, -0.2) is 4.57 Å². The number of thiazole rings is 1. The van der Waals surface area contributed by atoms with Gasteiger partial charge in [0.15, 0.2) is 0 Å². The van der Waals surface area contributed by atoms with E-state index in [0.717, 1.165) is 40.0 Å². The van der Waals surface area contributed by atoms with Crippen molar-refractivity contribution in [3.05, 3.63) is 23.1 Å². The first-order chi connectivity index (χ1) is 16.8. The summed E-state index contributed by atoms with van der Waals surface area (Å²) in [5, 5.41) is 36.4. The number of carboxylic acids is 1. The van der Waals surface area contributed by atoms with Crippen molar-refractivity contribution in [2.75, 3.05) is 25.2 Å². The Morgan fingerprint density at radius 2 is 2.23 bits per heavy atom. The fraction of sp³-hybridized carbons (Fsp3) is 0.609. The van der Waals surface area contributed by atoms with Crippen molar-refractivity contribution in [1.82, 2.24) is 14.8 Å². The molecule has 35 heavy (non-hydrogen) atoms. The molecule has 0 aliphatic carbocycles. The molecule has 0 bridgehead atoms. The van der Waals surface area contributed by atoms with Crippen LogP contribution >= 0.6 is 34.9 Å². The maximum Gasteiger partial charge on any atom is 0.250 e. The van der Waals surface area contributed by atoms with Crippen LogP contribution in [0.25, 0.3) is 10.4 Å². The number of carbonyl (C=O) groups is 2. The quantitative estimate of drug-likeness (QED) is 0.228. The smallest absolute Gasteiger partial charge is 0.250 e. The van der Waals surface area contributed by atoms with E-state index in [0.29, 0.717) is 10.8 Å². The molecule has 3 N–H and O–H groups in total. The highest BCUT2D eigenvalue weighted by atomic mass is 32.2. The minimum absolute atomic E-state index is 0.0600. The summed E-state index contributed by atoms with van der Waals surface area (Å²) in [6, 6.07) is -0.152. The Kier molecular flexibility index (Phi) is 6.96. The maximum absolute atomic E-state index is 12.6. The van der Waals surface area contributed by atoms with Crippen molar-refractivity contribution in [3.63, 3.8) is 0 Å². The second kappa shape index (κ2) is 9.71. The predicted octanol–water partition coefficient (Wildman–Crippen LogP) is -0.215. The number of amides is 1. The third-order valence-electron chi connectivity index (χ3n) is 7.32. The number of aliphatic hydroxyl groups is 2. The number of nitrogens with zero attached hydrogens (tertiary/aromatic N) is 3. The number of thioether (sulfide) groups is 2. The number of imidazole rings is 1. The van der Waals surface area contributed by atoms with E-state index in [1.54, 1.807) is 18.7 Å². The third kappa shape index (κ3) is 4.11. The number of β-lactam (4-membered cyclic amide) rings is 1. The predicted molar refractivity (Wildman–Crippen MR) is 134 cm³/mol. The van der Waals surface area contributed by atoms with Gasteiger partial charge in [0.25, 0.3) is 6.33 Å². The Morgan fingerprint density at radius 1 is 1.46 bits per heavy atom. The zero-order valence-electron chi connectivity index (χ0n) is 19.8. The van der Waals surface area contributed by atoms with Crippen LogP contribution in [0.1, 0.15) is 25.1 Å². The first-order valence-corrected chi connectivity index (χ1v) is 14.9. The number of nitrogens with one attached hydrogen (secondary N) is 1. The number of fused-ring (bicyclic) bond motifs is 2. The second-order valence-electron chi connectivity index (χ2n) is 9.45. The molecule has 0 aromatic carbocycles. The summed E-state index contributed by atoms with van der Waals surface area (Å²) in [6.45, 7) is 5.46. The molecule has 2 saturated heterocycles. The van der Waals surface area contributed by atoms with Crippen LogP contribution in [-0.2, 0) is 16.1 Å². The van der Waals surface area contributed by atoms with Gasteiger partial charge in [0.05, 0.1) is 41.2 Å². The van der Waals surface area contributed by atoms with Crippen molar-refractivity contribution in [1.29, 1.82) is 0 Å². The van der Waals surface area contributed by atoms with Gasteiger partial charge >= 0.3 is 0 Å². The molecule has 0 spiro atoms. The molecule has 2 aromatic rings. The number of rotatable bonds is 9. The Balaban J connectivity index is 1.39. The Labute approximate surface area is 216 Å². The first-order valence-electron chi connectivity index (χ1n) is 11.8. The Bertz CT molecular complexity index is 1190. The number of aliphatic carboxylic acids is 1. The van der Waals surface area contributed by atoms with Gasteiger partial charge in [0, 0.05) is 35.1 Å². The molecule has 1 amide bonds. The molecule has 6 atom stereocenters. The lowest BCUT2D eigenvalue weighted by molar-refractivity contribution is -0.508. The van der Waals surface area contributed by atoms with E-state index in [4.69, 9.17) is 0 Å². The summed E-state index contributed by atoms with van der Waals surface area (Å²) in [6.07, 6.45) is 6.18. The highest BCUT2D eigenvalue weighted by Crippen LogP contribution is 2.51. The molecule has 3 aliphatic heterocycles. The van der Waals surface area contributed by atoms with E-state index in [2.05, 4.69) is 9.88 Å². The molecule has 3 aliphatic rings. The van der Waals surface area contributed by atoms with Crippen LogP contribution in [0.5, 0.6) is 0 Å². The average molecular weight is 539 g/mol. The van der Waals surface area contributed by atoms with Gasteiger partial charge in [-0.15, -0.1) is 0 Å². The number of hydrogen-bond acceptors (Lipinski definition) is 9. The van der Waals surface area contributed by atoms with Crippen molar-refractivity contribution < 1.29 is 29.3 Å². The zero-order valence-corrected chi connectivity index (χ0v) is 22.3. The normalized spacial score (nSPS) is 29.2. The van der Waals surface area contributed by atoms with Gasteiger partial charge in [0.2, 0.25) is 15.8 Å². The number of carbonyl (C=O) groups excluding carboxylic acids is 2. The summed E-state index contributed by atoms with van der Waals surface area (Å²) >= 11 is 5.10. The Morgan fingerprint density at radius 3 is 2.86 bits per heavy atom. The topological polar surface area (TPSA) is 122 Å². The summed E-state index contributed by atoms with van der Waals surface area (Å²) in [5.74, 6) is -1.55. The largest absolute Gasteiger partial charge is 0.543 e. The van der Waals surface area contributed by atoms with E-state index >= 15 is 0 Å². The summed E-state index contributed by atoms with van der Waals surface area (Å²) in [5.41, 5.74) is 0.553. The van der Waals surface area contributed by atoms with E-state index in [1.165, 1.54) is 16.2 Å². The number of aromatic nitrogens is 2. The van der Waals surface area contributed by atoms with Crippen LogP contribution in [0, 0.1) is 11.8 Å². The highest BCUT2D eigenvalue weighted by molar-refractivity contribution is 8.00. The molecule has 5 heterocycles. The van der Waals surface area contributed by atoms with Crippen molar-refractivity contribution >= 4 is 57.1 Å². The summed E-state index contributed by atoms with van der Waals surface area (Å²) in [7, 11) is 0. The van der Waals surface area contributed by atoms with E-state index in [-0.39, 0.29) is 36.2 Å². The van der Waals surface area contributed by atoms with Crippen LogP contribution in [-0.4, -0.2) is 80.2 Å². The fourth-order valence-corrected chi connectivity index (χ4v) is 9.09. The molecule has 2 fully saturated rings. The maximum atomic E-state index is 12.6. The molecule has 0 radical (unpaired) electrons. The average Bonchev–Trinajstić information content (AvgIpc) is 3.54. The minimum atomic E-state index is -1.35. The second-order valence-corrected chi connectivity index (χ2v) is 12.7. The van der Waals surface area contributed by atoms with E-state index in [1.807, 2.05) is 41.9 Å². The highest BCUT2D eigenvalue weighted by Gasteiger charge is 2.59. The van der Waals surface area contributed by atoms with E-state index < -0.39 is 18.0 Å². The third-order valence-corrected chi connectivity index (χ3v) is 10.7. The number of hydrogen-bond donors (Lipinski definition) is 3. The number of aliphatic hydroxyl groups excluding tert-OH is 2. The van der Waals surface area contributed by atoms with E-state index in [9.17, 15) is 24.9 Å². The zero-order chi connectivity index (χ0) is 25.0. The lowest BCUT2D eigenvalue weighted by Crippen LogP contribution is -2.64.